The second kappa shape index (κ2) is 8.69. The lowest BCUT2D eigenvalue weighted by Crippen LogP contribution is -2.45. The van der Waals surface area contributed by atoms with Crippen molar-refractivity contribution in [1.82, 2.24) is 5.32 Å². The van der Waals surface area contributed by atoms with Crippen LogP contribution < -0.4 is 11.1 Å². The van der Waals surface area contributed by atoms with Gasteiger partial charge < -0.3 is 11.1 Å². The summed E-state index contributed by atoms with van der Waals surface area (Å²) in [6, 6.07) is 7.66. The van der Waals surface area contributed by atoms with Crippen LogP contribution >= 0.6 is 35.8 Å². The summed E-state index contributed by atoms with van der Waals surface area (Å²) in [5.74, 6) is 1.23. The van der Waals surface area contributed by atoms with Crippen molar-refractivity contribution in [3.63, 3.8) is 0 Å². The van der Waals surface area contributed by atoms with Gasteiger partial charge >= 0.3 is 0 Å². The summed E-state index contributed by atoms with van der Waals surface area (Å²) < 4.78 is 0. The summed E-state index contributed by atoms with van der Waals surface area (Å²) in [4.78, 5) is 11.5. The predicted molar refractivity (Wildman–Crippen MR) is 86.1 cm³/mol. The maximum atomic E-state index is 11.5. The van der Waals surface area contributed by atoms with Crippen molar-refractivity contribution in [3.05, 3.63) is 34.9 Å². The zero-order valence-electron chi connectivity index (χ0n) is 11.1. The van der Waals surface area contributed by atoms with Crippen molar-refractivity contribution >= 4 is 41.7 Å². The van der Waals surface area contributed by atoms with Gasteiger partial charge in [0.05, 0.1) is 5.75 Å². The van der Waals surface area contributed by atoms with Gasteiger partial charge in [-0.25, -0.2) is 0 Å². The molecule has 3 nitrogen and oxygen atoms in total. The number of hydrogen-bond acceptors (Lipinski definition) is 3. The van der Waals surface area contributed by atoms with Crippen LogP contribution in [0.5, 0.6) is 0 Å². The Morgan fingerprint density at radius 2 is 2.16 bits per heavy atom. The first-order valence-corrected chi connectivity index (χ1v) is 7.28. The third kappa shape index (κ3) is 9.16. The fourth-order valence-corrected chi connectivity index (χ4v) is 2.28. The summed E-state index contributed by atoms with van der Waals surface area (Å²) in [7, 11) is 0. The molecule has 0 atom stereocenters. The van der Waals surface area contributed by atoms with Crippen LogP contribution in [0.1, 0.15) is 19.4 Å². The van der Waals surface area contributed by atoms with E-state index in [-0.39, 0.29) is 23.9 Å². The van der Waals surface area contributed by atoms with E-state index in [0.29, 0.717) is 12.3 Å². The van der Waals surface area contributed by atoms with Crippen LogP contribution in [0, 0.1) is 0 Å². The highest BCUT2D eigenvalue weighted by Gasteiger charge is 2.11. The minimum absolute atomic E-state index is 0. The maximum absolute atomic E-state index is 11.5. The van der Waals surface area contributed by atoms with Gasteiger partial charge in [-0.15, -0.1) is 24.2 Å². The first kappa shape index (κ1) is 18.6. The summed E-state index contributed by atoms with van der Waals surface area (Å²) in [5.41, 5.74) is 6.54. The van der Waals surface area contributed by atoms with E-state index in [0.717, 1.165) is 16.3 Å². The van der Waals surface area contributed by atoms with Gasteiger partial charge in [0.2, 0.25) is 5.91 Å². The molecule has 1 aromatic carbocycles. The molecule has 19 heavy (non-hydrogen) atoms. The second-order valence-electron chi connectivity index (χ2n) is 4.89. The molecule has 108 valence electrons. The molecule has 0 aliphatic carbocycles. The van der Waals surface area contributed by atoms with Crippen LogP contribution in [0.4, 0.5) is 0 Å². The fraction of sp³-hybridized carbons (Fsp3) is 0.462. The lowest BCUT2D eigenvalue weighted by Gasteiger charge is -2.18. The Balaban J connectivity index is 0.00000324. The Labute approximate surface area is 130 Å². The number of thioether (sulfide) groups is 1. The molecule has 1 amide bonds. The van der Waals surface area contributed by atoms with E-state index in [1.165, 1.54) is 0 Å². The van der Waals surface area contributed by atoms with Gasteiger partial charge in [0, 0.05) is 22.9 Å². The highest BCUT2D eigenvalue weighted by Crippen LogP contribution is 2.16. The Morgan fingerprint density at radius 1 is 1.47 bits per heavy atom. The van der Waals surface area contributed by atoms with Crippen LogP contribution in [0.3, 0.4) is 0 Å². The molecule has 6 heteroatoms. The first-order valence-electron chi connectivity index (χ1n) is 5.74. The van der Waals surface area contributed by atoms with Crippen molar-refractivity contribution in [2.45, 2.75) is 25.1 Å². The maximum Gasteiger partial charge on any atom is 0.230 e. The molecule has 0 aliphatic rings. The molecule has 0 bridgehead atoms. The topological polar surface area (TPSA) is 55.1 Å². The van der Waals surface area contributed by atoms with Gasteiger partial charge in [0.15, 0.2) is 0 Å². The van der Waals surface area contributed by atoms with Crippen molar-refractivity contribution in [3.8, 4) is 0 Å². The average Bonchev–Trinajstić information content (AvgIpc) is 2.25. The van der Waals surface area contributed by atoms with Crippen LogP contribution in [-0.2, 0) is 10.5 Å². The van der Waals surface area contributed by atoms with Gasteiger partial charge in [-0.2, -0.15) is 0 Å². The zero-order chi connectivity index (χ0) is 13.6. The van der Waals surface area contributed by atoms with E-state index in [4.69, 9.17) is 17.3 Å². The highest BCUT2D eigenvalue weighted by molar-refractivity contribution is 7.99. The van der Waals surface area contributed by atoms with Gasteiger partial charge in [-0.3, -0.25) is 4.79 Å². The van der Waals surface area contributed by atoms with E-state index in [1.54, 1.807) is 11.8 Å². The SMILES string of the molecule is CC(C)(N)CNC(=O)CSCc1cccc(Cl)c1.Cl. The van der Waals surface area contributed by atoms with Crippen molar-refractivity contribution < 1.29 is 4.79 Å². The van der Waals surface area contributed by atoms with Crippen molar-refractivity contribution in [2.24, 2.45) is 5.73 Å². The molecule has 0 fully saturated rings. The molecule has 0 unspecified atom stereocenters. The first-order chi connectivity index (χ1) is 8.37. The van der Waals surface area contributed by atoms with E-state index in [2.05, 4.69) is 5.32 Å². The van der Waals surface area contributed by atoms with Crippen molar-refractivity contribution in [1.29, 1.82) is 0 Å². The lowest BCUT2D eigenvalue weighted by atomic mass is 10.1. The number of nitrogens with one attached hydrogen (secondary N) is 1. The number of carbonyl (C=O) groups excluding carboxylic acids is 1. The molecule has 0 heterocycles. The Bertz CT molecular complexity index is 408. The van der Waals surface area contributed by atoms with Crippen LogP contribution in [0.15, 0.2) is 24.3 Å². The Kier molecular flexibility index (Phi) is 8.50. The third-order valence-corrected chi connectivity index (χ3v) is 3.37. The van der Waals surface area contributed by atoms with Gasteiger partial charge in [0.1, 0.15) is 0 Å². The van der Waals surface area contributed by atoms with E-state index < -0.39 is 0 Å². The smallest absolute Gasteiger partial charge is 0.230 e. The molecule has 0 radical (unpaired) electrons. The minimum Gasteiger partial charge on any atom is -0.354 e. The molecule has 3 N–H and O–H groups in total. The zero-order valence-corrected chi connectivity index (χ0v) is 13.5. The predicted octanol–water partition coefficient (Wildman–Crippen LogP) is 2.85. The number of hydrogen-bond donors (Lipinski definition) is 2. The number of rotatable bonds is 6. The fourth-order valence-electron chi connectivity index (χ4n) is 1.27. The number of benzene rings is 1. The number of amides is 1. The second-order valence-corrected chi connectivity index (χ2v) is 6.31. The average molecular weight is 323 g/mol. The minimum atomic E-state index is -0.368. The highest BCUT2D eigenvalue weighted by atomic mass is 35.5. The molecular weight excluding hydrogens is 303 g/mol. The summed E-state index contributed by atoms with van der Waals surface area (Å²) in [6.45, 7) is 4.25. The van der Waals surface area contributed by atoms with Crippen molar-refractivity contribution in [2.75, 3.05) is 12.3 Å². The van der Waals surface area contributed by atoms with E-state index in [9.17, 15) is 4.79 Å². The molecule has 0 saturated carbocycles. The Morgan fingerprint density at radius 3 is 2.74 bits per heavy atom. The van der Waals surface area contributed by atoms with Crippen LogP contribution in [-0.4, -0.2) is 23.7 Å². The number of carbonyl (C=O) groups is 1. The monoisotopic (exact) mass is 322 g/mol. The van der Waals surface area contributed by atoms with Gasteiger partial charge in [-0.1, -0.05) is 23.7 Å². The van der Waals surface area contributed by atoms with Crippen LogP contribution in [0.2, 0.25) is 5.02 Å². The molecule has 0 spiro atoms. The summed E-state index contributed by atoms with van der Waals surface area (Å²) in [6.07, 6.45) is 0. The Hall–Kier alpha value is -0.420. The standard InChI is InChI=1S/C13H19ClN2OS.ClH/c1-13(2,15)9-16-12(17)8-18-7-10-4-3-5-11(14)6-10;/h3-6H,7-9,15H2,1-2H3,(H,16,17);1H. The van der Waals surface area contributed by atoms with Gasteiger partial charge in [0.25, 0.3) is 0 Å². The van der Waals surface area contributed by atoms with Gasteiger partial charge in [-0.05, 0) is 31.5 Å². The molecule has 0 aliphatic heterocycles. The normalized spacial score (nSPS) is 10.7. The lowest BCUT2D eigenvalue weighted by molar-refractivity contribution is -0.118. The third-order valence-electron chi connectivity index (χ3n) is 2.13. The number of nitrogens with two attached hydrogens (primary N) is 1. The van der Waals surface area contributed by atoms with E-state index in [1.807, 2.05) is 38.1 Å². The molecule has 0 aromatic heterocycles. The quantitative estimate of drug-likeness (QED) is 0.846. The number of halogens is 2. The molecule has 1 aromatic rings. The molecule has 0 saturated heterocycles. The summed E-state index contributed by atoms with van der Waals surface area (Å²) in [5, 5.41) is 3.53. The van der Waals surface area contributed by atoms with Crippen LogP contribution in [0.25, 0.3) is 0 Å². The summed E-state index contributed by atoms with van der Waals surface area (Å²) >= 11 is 7.45. The van der Waals surface area contributed by atoms with E-state index >= 15 is 0 Å². The molecule has 1 rings (SSSR count). The molecular formula is C13H20Cl2N2OS. The largest absolute Gasteiger partial charge is 0.354 e.